The maximum absolute atomic E-state index is 13.0. The zero-order valence-corrected chi connectivity index (χ0v) is 16.8. The van der Waals surface area contributed by atoms with Crippen LogP contribution in [0.5, 0.6) is 11.5 Å². The highest BCUT2D eigenvalue weighted by Gasteiger charge is 2.45. The summed E-state index contributed by atoms with van der Waals surface area (Å²) in [6, 6.07) is 9.77. The molecule has 0 atom stereocenters. The van der Waals surface area contributed by atoms with E-state index in [1.807, 2.05) is 51.1 Å². The summed E-state index contributed by atoms with van der Waals surface area (Å²) in [6.45, 7) is 7.17. The van der Waals surface area contributed by atoms with E-state index in [1.54, 1.807) is 0 Å². The lowest BCUT2D eigenvalue weighted by atomic mass is 9.96. The van der Waals surface area contributed by atoms with Crippen molar-refractivity contribution >= 4 is 10.0 Å². The van der Waals surface area contributed by atoms with E-state index in [-0.39, 0.29) is 5.41 Å². The molecule has 2 aromatic carbocycles. The van der Waals surface area contributed by atoms with Crippen LogP contribution >= 0.6 is 0 Å². The van der Waals surface area contributed by atoms with Crippen LogP contribution in [-0.4, -0.2) is 28.2 Å². The predicted octanol–water partition coefficient (Wildman–Crippen LogP) is 3.39. The minimum absolute atomic E-state index is 0.157. The Labute approximate surface area is 160 Å². The number of benzene rings is 2. The van der Waals surface area contributed by atoms with E-state index in [2.05, 4.69) is 4.72 Å². The van der Waals surface area contributed by atoms with Gasteiger partial charge in [-0.15, -0.1) is 0 Å². The summed E-state index contributed by atoms with van der Waals surface area (Å²) in [6.07, 6.45) is 1.92. The average molecular weight is 388 g/mol. The largest absolute Gasteiger partial charge is 0.486 e. The van der Waals surface area contributed by atoms with Crippen molar-refractivity contribution in [2.24, 2.45) is 0 Å². The number of aryl methyl sites for hydroxylation is 3. The third-order valence-corrected chi connectivity index (χ3v) is 7.19. The van der Waals surface area contributed by atoms with Gasteiger partial charge in [0.15, 0.2) is 11.5 Å². The van der Waals surface area contributed by atoms with E-state index in [0.717, 1.165) is 46.6 Å². The van der Waals surface area contributed by atoms with Gasteiger partial charge in [-0.3, -0.25) is 0 Å². The van der Waals surface area contributed by atoms with Gasteiger partial charge in [0.05, 0.1) is 4.90 Å². The summed E-state index contributed by atoms with van der Waals surface area (Å²) in [4.78, 5) is 0.395. The number of hydrogen-bond acceptors (Lipinski definition) is 4. The number of sulfonamides is 1. The van der Waals surface area contributed by atoms with Crippen molar-refractivity contribution in [3.05, 3.63) is 52.6 Å². The van der Waals surface area contributed by atoms with Crippen LogP contribution in [0, 0.1) is 20.8 Å². The first-order valence-electron chi connectivity index (χ1n) is 9.28. The van der Waals surface area contributed by atoms with E-state index >= 15 is 0 Å². The van der Waals surface area contributed by atoms with Crippen molar-refractivity contribution in [2.75, 3.05) is 19.8 Å². The summed E-state index contributed by atoms with van der Waals surface area (Å²) < 4.78 is 40.1. The second-order valence-corrected chi connectivity index (χ2v) is 9.39. The number of nitrogens with one attached hydrogen (secondary N) is 1. The van der Waals surface area contributed by atoms with Gasteiger partial charge in [-0.05, 0) is 62.4 Å². The van der Waals surface area contributed by atoms with Crippen LogP contribution in [0.1, 0.15) is 35.1 Å². The first kappa shape index (κ1) is 18.3. The van der Waals surface area contributed by atoms with Gasteiger partial charge in [-0.25, -0.2) is 13.1 Å². The van der Waals surface area contributed by atoms with Crippen LogP contribution in [0.2, 0.25) is 0 Å². The molecular weight excluding hydrogens is 362 g/mol. The Morgan fingerprint density at radius 1 is 0.963 bits per heavy atom. The van der Waals surface area contributed by atoms with Crippen molar-refractivity contribution in [3.8, 4) is 11.5 Å². The standard InChI is InChI=1S/C21H25NO4S/c1-14-10-15(2)20(16(3)11-14)27(23,24)22-13-21(6-7-21)17-4-5-18-19(12-17)26-9-8-25-18/h4-5,10-12,22H,6-9,13H2,1-3H3. The number of fused-ring (bicyclic) bond motifs is 1. The molecule has 0 aromatic heterocycles. The molecule has 0 spiro atoms. The number of ether oxygens (including phenoxy) is 2. The molecule has 1 aliphatic heterocycles. The van der Waals surface area contributed by atoms with Gasteiger partial charge in [-0.1, -0.05) is 23.8 Å². The minimum atomic E-state index is -3.56. The van der Waals surface area contributed by atoms with Crippen LogP contribution < -0.4 is 14.2 Å². The minimum Gasteiger partial charge on any atom is -0.486 e. The molecule has 1 fully saturated rings. The van der Waals surface area contributed by atoms with Crippen molar-refractivity contribution < 1.29 is 17.9 Å². The Morgan fingerprint density at radius 2 is 1.59 bits per heavy atom. The van der Waals surface area contributed by atoms with E-state index < -0.39 is 10.0 Å². The molecule has 1 N–H and O–H groups in total. The fourth-order valence-electron chi connectivity index (χ4n) is 3.99. The van der Waals surface area contributed by atoms with E-state index in [4.69, 9.17) is 9.47 Å². The Bertz CT molecular complexity index is 970. The van der Waals surface area contributed by atoms with Crippen molar-refractivity contribution in [2.45, 2.75) is 43.9 Å². The van der Waals surface area contributed by atoms with Crippen molar-refractivity contribution in [1.29, 1.82) is 0 Å². The van der Waals surface area contributed by atoms with Gasteiger partial charge in [0.1, 0.15) is 13.2 Å². The first-order chi connectivity index (χ1) is 12.8. The molecule has 2 aliphatic rings. The normalized spacial score (nSPS) is 17.6. The van der Waals surface area contributed by atoms with E-state index in [9.17, 15) is 8.42 Å². The van der Waals surface area contributed by atoms with Gasteiger partial charge in [0.2, 0.25) is 10.0 Å². The Morgan fingerprint density at radius 3 is 2.22 bits per heavy atom. The molecule has 0 radical (unpaired) electrons. The molecule has 27 heavy (non-hydrogen) atoms. The second kappa shape index (κ2) is 6.53. The highest BCUT2D eigenvalue weighted by Crippen LogP contribution is 2.49. The molecule has 6 heteroatoms. The molecule has 144 valence electrons. The molecule has 1 saturated carbocycles. The Hall–Kier alpha value is -2.05. The fourth-order valence-corrected chi connectivity index (χ4v) is 5.56. The van der Waals surface area contributed by atoms with Crippen LogP contribution in [-0.2, 0) is 15.4 Å². The summed E-state index contributed by atoms with van der Waals surface area (Å²) in [5, 5.41) is 0. The second-order valence-electron chi connectivity index (χ2n) is 7.69. The smallest absolute Gasteiger partial charge is 0.241 e. The summed E-state index contributed by atoms with van der Waals surface area (Å²) in [5.41, 5.74) is 3.58. The molecule has 1 heterocycles. The van der Waals surface area contributed by atoms with Crippen molar-refractivity contribution in [3.63, 3.8) is 0 Å². The highest BCUT2D eigenvalue weighted by atomic mass is 32.2. The van der Waals surface area contributed by atoms with Crippen LogP contribution in [0.4, 0.5) is 0 Å². The third-order valence-electron chi connectivity index (χ3n) is 5.48. The van der Waals surface area contributed by atoms with E-state index in [0.29, 0.717) is 24.7 Å². The van der Waals surface area contributed by atoms with Crippen LogP contribution in [0.25, 0.3) is 0 Å². The lowest BCUT2D eigenvalue weighted by Gasteiger charge is -2.22. The van der Waals surface area contributed by atoms with Crippen molar-refractivity contribution in [1.82, 2.24) is 4.72 Å². The summed E-state index contributed by atoms with van der Waals surface area (Å²) in [7, 11) is -3.56. The quantitative estimate of drug-likeness (QED) is 0.854. The fraction of sp³-hybridized carbons (Fsp3) is 0.429. The van der Waals surface area contributed by atoms with Gasteiger partial charge in [0.25, 0.3) is 0 Å². The maximum atomic E-state index is 13.0. The summed E-state index contributed by atoms with van der Waals surface area (Å²) >= 11 is 0. The van der Waals surface area contributed by atoms with Gasteiger partial charge in [-0.2, -0.15) is 0 Å². The van der Waals surface area contributed by atoms with E-state index in [1.165, 1.54) is 0 Å². The highest BCUT2D eigenvalue weighted by molar-refractivity contribution is 7.89. The molecule has 4 rings (SSSR count). The lowest BCUT2D eigenvalue weighted by Crippen LogP contribution is -2.33. The van der Waals surface area contributed by atoms with Gasteiger partial charge in [0, 0.05) is 12.0 Å². The third kappa shape index (κ3) is 3.44. The first-order valence-corrected chi connectivity index (χ1v) is 10.8. The molecule has 5 nitrogen and oxygen atoms in total. The number of rotatable bonds is 5. The van der Waals surface area contributed by atoms with Crippen LogP contribution in [0.15, 0.2) is 35.2 Å². The van der Waals surface area contributed by atoms with Gasteiger partial charge >= 0.3 is 0 Å². The summed E-state index contributed by atoms with van der Waals surface area (Å²) in [5.74, 6) is 1.50. The Balaban J connectivity index is 1.56. The molecule has 2 aromatic rings. The molecule has 0 bridgehead atoms. The topological polar surface area (TPSA) is 64.6 Å². The lowest BCUT2D eigenvalue weighted by molar-refractivity contribution is 0.171. The zero-order chi connectivity index (χ0) is 19.2. The molecule has 0 saturated heterocycles. The monoisotopic (exact) mass is 387 g/mol. The maximum Gasteiger partial charge on any atom is 0.241 e. The Kier molecular flexibility index (Phi) is 4.43. The molecular formula is C21H25NO4S. The average Bonchev–Trinajstić information content (AvgIpc) is 3.40. The molecule has 1 aliphatic carbocycles. The zero-order valence-electron chi connectivity index (χ0n) is 16.0. The SMILES string of the molecule is Cc1cc(C)c(S(=O)(=O)NCC2(c3ccc4c(c3)OCCO4)CC2)c(C)c1. The molecule has 0 amide bonds. The predicted molar refractivity (Wildman–Crippen MR) is 104 cm³/mol. The number of hydrogen-bond donors (Lipinski definition) is 1. The molecule has 0 unspecified atom stereocenters. The van der Waals surface area contributed by atoms with Crippen LogP contribution in [0.3, 0.4) is 0 Å². The van der Waals surface area contributed by atoms with Gasteiger partial charge < -0.3 is 9.47 Å².